The monoisotopic (exact) mass is 448 g/mol. The van der Waals surface area contributed by atoms with E-state index in [9.17, 15) is 19.2 Å². The van der Waals surface area contributed by atoms with Crippen LogP contribution in [0.5, 0.6) is 0 Å². The number of carbonyl (C=O) groups is 4. The first-order chi connectivity index (χ1) is 10.3. The number of methoxy groups -OCH3 is 2. The molecule has 0 heterocycles. The summed E-state index contributed by atoms with van der Waals surface area (Å²) in [6, 6.07) is -1.33. The minimum absolute atomic E-state index is 0.0546. The van der Waals surface area contributed by atoms with E-state index < -0.39 is 24.0 Å². The Hall–Kier alpha value is -1.08. The van der Waals surface area contributed by atoms with Crippen LogP contribution in [0.2, 0.25) is 10.6 Å². The van der Waals surface area contributed by atoms with Gasteiger partial charge in [0.25, 0.3) is 0 Å². The summed E-state index contributed by atoms with van der Waals surface area (Å²) in [5.41, 5.74) is 0. The Morgan fingerprint density at radius 1 is 0.818 bits per heavy atom. The Kier molecular flexibility index (Phi) is 10.9. The van der Waals surface area contributed by atoms with E-state index in [1.54, 1.807) is 0 Å². The second-order valence-corrected chi connectivity index (χ2v) is 11.6. The molecule has 8 nitrogen and oxygen atoms in total. The molecule has 0 aliphatic rings. The molecule has 2 N–H and O–H groups in total. The quantitative estimate of drug-likeness (QED) is 0.254. The summed E-state index contributed by atoms with van der Waals surface area (Å²) in [5, 5.41) is 6.03. The summed E-state index contributed by atoms with van der Waals surface area (Å²) in [6.07, 6.45) is 0. The van der Waals surface area contributed by atoms with Crippen molar-refractivity contribution in [1.29, 1.82) is 0 Å². The molecular weight excluding hydrogens is 426 g/mol. The molecule has 0 aromatic rings. The first-order valence-electron chi connectivity index (χ1n) is 6.26. The van der Waals surface area contributed by atoms with Gasteiger partial charge in [-0.15, -0.1) is 0 Å². The summed E-state index contributed by atoms with van der Waals surface area (Å²) < 4.78 is 9.26. The first-order valence-corrected chi connectivity index (χ1v) is 13.0. The van der Waals surface area contributed by atoms with E-state index in [0.29, 0.717) is 10.6 Å². The van der Waals surface area contributed by atoms with Crippen molar-refractivity contribution in [1.82, 2.24) is 10.6 Å². The normalized spacial score (nSPS) is 12.7. The molecule has 0 saturated heterocycles. The van der Waals surface area contributed by atoms with Crippen LogP contribution in [-0.2, 0) is 28.7 Å². The topological polar surface area (TPSA) is 111 Å². The van der Waals surface area contributed by atoms with E-state index in [4.69, 9.17) is 0 Å². The molecule has 0 bridgehead atoms. The average molecular weight is 446 g/mol. The molecule has 2 atom stereocenters. The number of amides is 2. The second-order valence-electron chi connectivity index (χ2n) is 4.12. The van der Waals surface area contributed by atoms with Crippen LogP contribution >= 0.6 is 0 Å². The van der Waals surface area contributed by atoms with Crippen LogP contribution in [0.15, 0.2) is 0 Å². The fourth-order valence-corrected chi connectivity index (χ4v) is 8.31. The Morgan fingerprint density at radius 2 is 1.14 bits per heavy atom. The summed E-state index contributed by atoms with van der Waals surface area (Å²) in [6.45, 7) is 2.66. The van der Waals surface area contributed by atoms with Gasteiger partial charge in [0.1, 0.15) is 0 Å². The zero-order valence-corrected chi connectivity index (χ0v) is 16.3. The van der Waals surface area contributed by atoms with E-state index in [-0.39, 0.29) is 38.1 Å². The van der Waals surface area contributed by atoms with Crippen molar-refractivity contribution in [3.8, 4) is 0 Å². The van der Waals surface area contributed by atoms with E-state index in [2.05, 4.69) is 20.1 Å². The van der Waals surface area contributed by atoms with Gasteiger partial charge in [0.2, 0.25) is 0 Å². The van der Waals surface area contributed by atoms with Gasteiger partial charge in [-0.3, -0.25) is 0 Å². The van der Waals surface area contributed by atoms with Gasteiger partial charge >= 0.3 is 140 Å². The standard InChI is InChI=1S/C12H20N2O6Se2/c1-7(15)13-9(11(17)19-3)5-21-22-6-10(12(18)20-4)14-8(2)16/h9-10H,5-6H2,1-4H3,(H,13,15)(H,14,16). The molecule has 0 radical (unpaired) electrons. The SMILES string of the molecule is COC(=O)C(C[Se][Se]CC(NC(C)=O)C(=O)OC)NC(C)=O. The number of ether oxygens (including phenoxy) is 2. The van der Waals surface area contributed by atoms with Gasteiger partial charge in [0, 0.05) is 0 Å². The molecule has 2 unspecified atom stereocenters. The molecule has 0 aromatic carbocycles. The third-order valence-electron chi connectivity index (χ3n) is 2.28. The molecule has 0 rings (SSSR count). The molecule has 0 spiro atoms. The fraction of sp³-hybridized carbons (Fsp3) is 0.667. The van der Waals surface area contributed by atoms with Crippen molar-refractivity contribution in [2.75, 3.05) is 14.2 Å². The maximum atomic E-state index is 11.5. The van der Waals surface area contributed by atoms with E-state index >= 15 is 0 Å². The van der Waals surface area contributed by atoms with Crippen molar-refractivity contribution < 1.29 is 28.7 Å². The predicted octanol–water partition coefficient (Wildman–Crippen LogP) is -1.50. The summed E-state index contributed by atoms with van der Waals surface area (Å²) in [5.74, 6) is -1.58. The van der Waals surface area contributed by atoms with Gasteiger partial charge in [0.15, 0.2) is 0 Å². The van der Waals surface area contributed by atoms with E-state index in [1.807, 2.05) is 0 Å². The number of rotatable bonds is 9. The van der Waals surface area contributed by atoms with Crippen LogP contribution in [0.4, 0.5) is 0 Å². The Bertz CT molecular complexity index is 380. The molecule has 22 heavy (non-hydrogen) atoms. The zero-order chi connectivity index (χ0) is 17.1. The van der Waals surface area contributed by atoms with Gasteiger partial charge in [-0.25, -0.2) is 0 Å². The molecule has 0 fully saturated rings. The zero-order valence-electron chi connectivity index (χ0n) is 12.8. The van der Waals surface area contributed by atoms with Gasteiger partial charge in [0.05, 0.1) is 0 Å². The molecule has 10 heteroatoms. The van der Waals surface area contributed by atoms with Crippen molar-refractivity contribution in [2.45, 2.75) is 36.6 Å². The molecule has 2 amide bonds. The number of carbonyl (C=O) groups excluding carboxylic acids is 4. The van der Waals surface area contributed by atoms with E-state index in [1.165, 1.54) is 28.1 Å². The minimum atomic E-state index is -0.665. The average Bonchev–Trinajstić information content (AvgIpc) is 2.46. The Morgan fingerprint density at radius 3 is 1.36 bits per heavy atom. The van der Waals surface area contributed by atoms with Crippen LogP contribution in [0, 0.1) is 0 Å². The van der Waals surface area contributed by atoms with Crippen LogP contribution in [0.1, 0.15) is 13.8 Å². The van der Waals surface area contributed by atoms with Crippen LogP contribution in [-0.4, -0.2) is 76.3 Å². The van der Waals surface area contributed by atoms with Crippen molar-refractivity contribution in [2.24, 2.45) is 0 Å². The number of esters is 2. The van der Waals surface area contributed by atoms with E-state index in [0.717, 1.165) is 0 Å². The number of nitrogens with one attached hydrogen (secondary N) is 2. The Labute approximate surface area is 140 Å². The first kappa shape index (κ1) is 20.9. The fourth-order valence-electron chi connectivity index (χ4n) is 1.34. The van der Waals surface area contributed by atoms with Crippen LogP contribution < -0.4 is 10.6 Å². The van der Waals surface area contributed by atoms with Gasteiger partial charge in [-0.2, -0.15) is 0 Å². The third-order valence-corrected chi connectivity index (χ3v) is 9.38. The van der Waals surface area contributed by atoms with Crippen molar-refractivity contribution in [3.05, 3.63) is 0 Å². The summed E-state index contributed by atoms with van der Waals surface area (Å²) >= 11 is 0.109. The molecule has 0 aromatic heterocycles. The van der Waals surface area contributed by atoms with Crippen molar-refractivity contribution in [3.63, 3.8) is 0 Å². The number of hydrogen-bond donors (Lipinski definition) is 2. The summed E-state index contributed by atoms with van der Waals surface area (Å²) in [7, 11) is 2.53. The third kappa shape index (κ3) is 9.04. The van der Waals surface area contributed by atoms with Gasteiger partial charge < -0.3 is 0 Å². The Balaban J connectivity index is 4.33. The molecule has 0 saturated carbocycles. The van der Waals surface area contributed by atoms with Gasteiger partial charge in [-0.05, 0) is 0 Å². The van der Waals surface area contributed by atoms with Gasteiger partial charge in [-0.1, -0.05) is 0 Å². The second kappa shape index (κ2) is 11.5. The molecule has 126 valence electrons. The summed E-state index contributed by atoms with van der Waals surface area (Å²) in [4.78, 5) is 45.1. The molecule has 0 aliphatic carbocycles. The maximum absolute atomic E-state index is 11.5. The molecule has 0 aliphatic heterocycles. The van der Waals surface area contributed by atoms with Crippen LogP contribution in [0.3, 0.4) is 0 Å². The van der Waals surface area contributed by atoms with Crippen molar-refractivity contribution >= 4 is 50.0 Å². The number of hydrogen-bond acceptors (Lipinski definition) is 6. The van der Waals surface area contributed by atoms with Crippen LogP contribution in [0.25, 0.3) is 0 Å². The predicted molar refractivity (Wildman–Crippen MR) is 80.4 cm³/mol. The molecular formula is C12H20N2O6Se2.